The molecule has 25 heavy (non-hydrogen) atoms. The second-order valence-corrected chi connectivity index (χ2v) is 5.83. The number of esters is 3. The van der Waals surface area contributed by atoms with E-state index in [4.69, 9.17) is 14.2 Å². The van der Waals surface area contributed by atoms with E-state index in [-0.39, 0.29) is 32.8 Å². The van der Waals surface area contributed by atoms with Gasteiger partial charge in [-0.15, -0.1) is 7.05 Å². The largest absolute Gasteiger partial charge is 0.466 e. The lowest BCUT2D eigenvalue weighted by atomic mass is 10.2. The lowest BCUT2D eigenvalue weighted by molar-refractivity contribution is -0.848. The van der Waals surface area contributed by atoms with Gasteiger partial charge in [-0.05, 0) is 0 Å². The minimum absolute atomic E-state index is 0.00644. The molecule has 0 aliphatic heterocycles. The summed E-state index contributed by atoms with van der Waals surface area (Å²) in [7, 11) is 8.61. The summed E-state index contributed by atoms with van der Waals surface area (Å²) in [6, 6.07) is 0. The first kappa shape index (κ1) is 23.0. The van der Waals surface area contributed by atoms with Crippen LogP contribution in [0.4, 0.5) is 0 Å². The summed E-state index contributed by atoms with van der Waals surface area (Å²) in [5.74, 6) is -1.87. The van der Waals surface area contributed by atoms with Crippen molar-refractivity contribution in [3.63, 3.8) is 0 Å². The van der Waals surface area contributed by atoms with Crippen LogP contribution < -0.4 is 0 Å². The van der Waals surface area contributed by atoms with E-state index >= 15 is 0 Å². The van der Waals surface area contributed by atoms with Gasteiger partial charge in [0.1, 0.15) is 19.3 Å². The molecule has 0 aromatic carbocycles. The Morgan fingerprint density at radius 2 is 1.60 bits per heavy atom. The van der Waals surface area contributed by atoms with E-state index in [1.54, 1.807) is 14.1 Å². The van der Waals surface area contributed by atoms with Crippen LogP contribution in [0.5, 0.6) is 0 Å². The Bertz CT molecular complexity index is 456. The summed E-state index contributed by atoms with van der Waals surface area (Å²) in [6.45, 7) is 0.610. The van der Waals surface area contributed by atoms with Crippen LogP contribution in [0.2, 0.25) is 0 Å². The molecule has 0 bridgehead atoms. The first-order valence-corrected chi connectivity index (χ1v) is 7.65. The minimum Gasteiger partial charge on any atom is -0.466 e. The summed E-state index contributed by atoms with van der Waals surface area (Å²) >= 11 is 0. The molecule has 0 spiro atoms. The first-order valence-electron chi connectivity index (χ1n) is 7.65. The van der Waals surface area contributed by atoms with Gasteiger partial charge in [0.25, 0.3) is 0 Å². The highest BCUT2D eigenvalue weighted by atomic mass is 16.6. The van der Waals surface area contributed by atoms with Gasteiger partial charge in [-0.3, -0.25) is 4.79 Å². The second kappa shape index (κ2) is 12.4. The van der Waals surface area contributed by atoms with Gasteiger partial charge < -0.3 is 28.5 Å². The molecule has 0 saturated carbocycles. The zero-order chi connectivity index (χ0) is 19.3. The number of quaternary nitrogens is 1. The molecule has 9 heteroatoms. The lowest BCUT2D eigenvalue weighted by Crippen LogP contribution is -2.40. The molecule has 0 heterocycles. The van der Waals surface area contributed by atoms with Gasteiger partial charge in [0.2, 0.25) is 0 Å². The van der Waals surface area contributed by atoms with Crippen molar-refractivity contribution in [1.29, 1.82) is 0 Å². The summed E-state index contributed by atoms with van der Waals surface area (Å²) in [5.41, 5.74) is 0. The number of methoxy groups -OCH3 is 1. The number of aliphatic hydroxyl groups excluding tert-OH is 1. The smallest absolute Gasteiger partial charge is 0.331 e. The second-order valence-electron chi connectivity index (χ2n) is 5.83. The van der Waals surface area contributed by atoms with Crippen molar-refractivity contribution in [3.8, 4) is 0 Å². The third-order valence-corrected chi connectivity index (χ3v) is 2.63. The zero-order valence-corrected chi connectivity index (χ0v) is 14.9. The fraction of sp³-hybridized carbons (Fsp3) is 0.625. The number of aliphatic hydroxyl groups is 1. The Balaban J connectivity index is 3.63. The van der Waals surface area contributed by atoms with E-state index in [9.17, 15) is 19.5 Å². The molecular formula is C16H27NO8. The van der Waals surface area contributed by atoms with Crippen molar-refractivity contribution in [2.24, 2.45) is 0 Å². The maximum Gasteiger partial charge on any atom is 0.331 e. The average Bonchev–Trinajstić information content (AvgIpc) is 2.49. The average molecular weight is 361 g/mol. The van der Waals surface area contributed by atoms with Crippen molar-refractivity contribution >= 4 is 17.9 Å². The minimum atomic E-state index is -0.821. The van der Waals surface area contributed by atoms with Gasteiger partial charge >= 0.3 is 17.9 Å². The third kappa shape index (κ3) is 15.3. The molecule has 0 radical (unpaired) electrons. The zero-order valence-electron chi connectivity index (χ0n) is 14.9. The van der Waals surface area contributed by atoms with Crippen molar-refractivity contribution in [2.75, 3.05) is 54.2 Å². The molecule has 0 unspecified atom stereocenters. The van der Waals surface area contributed by atoms with Crippen LogP contribution >= 0.6 is 0 Å². The molecule has 9 nitrogen and oxygen atoms in total. The SMILES string of the molecule is [CH2-][N+](C)(C)C[C@H](O)CC(=O)OCCOCCOC(=O)/C=C/C(=O)OC. The number of hydrogen-bond donors (Lipinski definition) is 1. The van der Waals surface area contributed by atoms with E-state index in [1.807, 2.05) is 0 Å². The van der Waals surface area contributed by atoms with E-state index in [0.717, 1.165) is 12.2 Å². The van der Waals surface area contributed by atoms with Crippen molar-refractivity contribution < 1.29 is 42.9 Å². The lowest BCUT2D eigenvalue weighted by Gasteiger charge is -2.34. The number of nitrogens with zero attached hydrogens (tertiary/aromatic N) is 1. The highest BCUT2D eigenvalue weighted by molar-refractivity contribution is 5.91. The van der Waals surface area contributed by atoms with E-state index in [0.29, 0.717) is 11.0 Å². The molecule has 0 saturated heterocycles. The molecule has 1 N–H and O–H groups in total. The summed E-state index contributed by atoms with van der Waals surface area (Å²) < 4.78 is 19.4. The molecular weight excluding hydrogens is 334 g/mol. The van der Waals surface area contributed by atoms with Gasteiger partial charge in [0, 0.05) is 26.2 Å². The molecule has 0 aromatic rings. The molecule has 0 aliphatic carbocycles. The van der Waals surface area contributed by atoms with Crippen molar-refractivity contribution in [3.05, 3.63) is 19.2 Å². The number of carbonyl (C=O) groups excluding carboxylic acids is 3. The number of rotatable bonds is 12. The van der Waals surface area contributed by atoms with E-state index in [1.165, 1.54) is 7.11 Å². The predicted octanol–water partition coefficient (Wildman–Crippen LogP) is -0.562. The topological polar surface area (TPSA) is 108 Å². The van der Waals surface area contributed by atoms with Crippen LogP contribution in [-0.2, 0) is 33.3 Å². The van der Waals surface area contributed by atoms with Crippen LogP contribution in [0.25, 0.3) is 0 Å². The Hall–Kier alpha value is -1.97. The first-order chi connectivity index (χ1) is 11.6. The summed E-state index contributed by atoms with van der Waals surface area (Å²) in [4.78, 5) is 33.4. The highest BCUT2D eigenvalue weighted by Gasteiger charge is 2.16. The van der Waals surface area contributed by atoms with Gasteiger partial charge in [-0.1, -0.05) is 0 Å². The standard InChI is InChI=1S/C16H27NO8/c1-17(2,3)12-13(18)11-16(21)25-10-8-23-7-9-24-15(20)6-5-14(19)22-4/h5-6,13,18H,1,7-12H2,2-4H3/b6-5+/t13-/m1/s1. The maximum absolute atomic E-state index is 11.5. The van der Waals surface area contributed by atoms with Crippen molar-refractivity contribution in [1.82, 2.24) is 0 Å². The number of carbonyl (C=O) groups is 3. The molecule has 144 valence electrons. The van der Waals surface area contributed by atoms with Crippen LogP contribution in [0.3, 0.4) is 0 Å². The number of ether oxygens (including phenoxy) is 4. The maximum atomic E-state index is 11.5. The molecule has 1 atom stereocenters. The molecule has 0 rings (SSSR count). The normalized spacial score (nSPS) is 12.7. The van der Waals surface area contributed by atoms with Gasteiger partial charge in [-0.2, -0.15) is 0 Å². The van der Waals surface area contributed by atoms with Crippen LogP contribution in [0, 0.1) is 7.05 Å². The van der Waals surface area contributed by atoms with Crippen LogP contribution in [-0.4, -0.2) is 87.8 Å². The van der Waals surface area contributed by atoms with E-state index in [2.05, 4.69) is 11.8 Å². The number of likely N-dealkylation sites (N-methyl/N-ethyl adjacent to an activating group) is 1. The molecule has 0 aromatic heterocycles. The third-order valence-electron chi connectivity index (χ3n) is 2.63. The van der Waals surface area contributed by atoms with Gasteiger partial charge in [-0.25, -0.2) is 9.59 Å². The molecule has 0 fully saturated rings. The molecule has 0 aliphatic rings. The highest BCUT2D eigenvalue weighted by Crippen LogP contribution is 2.02. The summed E-state index contributed by atoms with van der Waals surface area (Å²) in [6.07, 6.45) is 0.968. The fourth-order valence-electron chi connectivity index (χ4n) is 1.66. The number of hydrogen-bond acceptors (Lipinski definition) is 8. The van der Waals surface area contributed by atoms with Gasteiger partial charge in [0.15, 0.2) is 0 Å². The van der Waals surface area contributed by atoms with Gasteiger partial charge in [0.05, 0.1) is 33.3 Å². The quantitative estimate of drug-likeness (QED) is 0.123. The van der Waals surface area contributed by atoms with E-state index < -0.39 is 24.0 Å². The Morgan fingerprint density at radius 3 is 2.16 bits per heavy atom. The van der Waals surface area contributed by atoms with Crippen LogP contribution in [0.15, 0.2) is 12.2 Å². The summed E-state index contributed by atoms with van der Waals surface area (Å²) in [5, 5.41) is 9.70. The monoisotopic (exact) mass is 361 g/mol. The predicted molar refractivity (Wildman–Crippen MR) is 86.8 cm³/mol. The Labute approximate surface area is 147 Å². The Morgan fingerprint density at radius 1 is 1.04 bits per heavy atom. The van der Waals surface area contributed by atoms with Crippen molar-refractivity contribution in [2.45, 2.75) is 12.5 Å². The fourth-order valence-corrected chi connectivity index (χ4v) is 1.66. The Kier molecular flexibility index (Phi) is 11.4. The molecule has 0 amide bonds. The van der Waals surface area contributed by atoms with Crippen LogP contribution in [0.1, 0.15) is 6.42 Å².